The van der Waals surface area contributed by atoms with Crippen LogP contribution in [0.15, 0.2) is 18.2 Å². The second kappa shape index (κ2) is 4.98. The van der Waals surface area contributed by atoms with Gasteiger partial charge in [-0.3, -0.25) is 0 Å². The summed E-state index contributed by atoms with van der Waals surface area (Å²) in [5.41, 5.74) is 2.45. The SMILES string of the molecule is Cc1ccc2[nH]c(=S)n(CC(C)(C)NS(C)(=O)=O)c2c1. The summed E-state index contributed by atoms with van der Waals surface area (Å²) in [4.78, 5) is 3.14. The fourth-order valence-electron chi connectivity index (χ4n) is 2.35. The Hall–Kier alpha value is -1.18. The maximum atomic E-state index is 11.4. The number of H-pyrrole nitrogens is 1. The third kappa shape index (κ3) is 3.47. The Morgan fingerprint density at radius 3 is 2.65 bits per heavy atom. The smallest absolute Gasteiger partial charge is 0.209 e. The molecule has 1 aromatic heterocycles. The first-order valence-corrected chi connectivity index (χ1v) is 8.55. The molecule has 0 saturated carbocycles. The molecule has 5 nitrogen and oxygen atoms in total. The lowest BCUT2D eigenvalue weighted by atomic mass is 10.1. The van der Waals surface area contributed by atoms with Crippen LogP contribution in [-0.4, -0.2) is 29.8 Å². The number of imidazole rings is 1. The van der Waals surface area contributed by atoms with Gasteiger partial charge in [0.15, 0.2) is 4.77 Å². The zero-order valence-corrected chi connectivity index (χ0v) is 13.7. The van der Waals surface area contributed by atoms with Crippen LogP contribution in [0.1, 0.15) is 19.4 Å². The molecule has 0 spiro atoms. The molecule has 0 atom stereocenters. The molecule has 0 aliphatic rings. The zero-order valence-electron chi connectivity index (χ0n) is 12.0. The van der Waals surface area contributed by atoms with E-state index in [1.165, 1.54) is 0 Å². The quantitative estimate of drug-likeness (QED) is 0.851. The Balaban J connectivity index is 2.46. The summed E-state index contributed by atoms with van der Waals surface area (Å²) < 4.78 is 28.0. The number of sulfonamides is 1. The standard InChI is InChI=1S/C13H19N3O2S2/c1-9-5-6-10-11(7-9)16(12(19)14-10)8-13(2,3)15-20(4,17)18/h5-7,15H,8H2,1-4H3,(H,14,19). The van der Waals surface area contributed by atoms with Crippen LogP contribution >= 0.6 is 12.2 Å². The largest absolute Gasteiger partial charge is 0.331 e. The molecule has 1 aromatic carbocycles. The molecule has 7 heteroatoms. The molecule has 0 radical (unpaired) electrons. The predicted molar refractivity (Wildman–Crippen MR) is 83.9 cm³/mol. The summed E-state index contributed by atoms with van der Waals surface area (Å²) in [6.07, 6.45) is 1.16. The van der Waals surface area contributed by atoms with Gasteiger partial charge in [0.25, 0.3) is 0 Å². The maximum absolute atomic E-state index is 11.4. The molecule has 0 unspecified atom stereocenters. The second-order valence-corrected chi connectivity index (χ2v) is 7.93. The first kappa shape index (κ1) is 15.2. The number of aromatic amines is 1. The first-order chi connectivity index (χ1) is 9.07. The van der Waals surface area contributed by atoms with Crippen molar-refractivity contribution in [1.29, 1.82) is 0 Å². The van der Waals surface area contributed by atoms with Crippen LogP contribution < -0.4 is 4.72 Å². The van der Waals surface area contributed by atoms with Crippen LogP contribution in [-0.2, 0) is 16.6 Å². The van der Waals surface area contributed by atoms with E-state index in [0.717, 1.165) is 22.9 Å². The number of aryl methyl sites for hydroxylation is 1. The van der Waals surface area contributed by atoms with Gasteiger partial charge in [-0.1, -0.05) is 6.07 Å². The van der Waals surface area contributed by atoms with Gasteiger partial charge in [0.05, 0.1) is 17.3 Å². The highest BCUT2D eigenvalue weighted by molar-refractivity contribution is 7.88. The molecule has 110 valence electrons. The van der Waals surface area contributed by atoms with Crippen LogP contribution in [0.4, 0.5) is 0 Å². The van der Waals surface area contributed by atoms with Gasteiger partial charge in [-0.2, -0.15) is 0 Å². The Morgan fingerprint density at radius 1 is 1.40 bits per heavy atom. The summed E-state index contributed by atoms with van der Waals surface area (Å²) in [6, 6.07) is 6.03. The van der Waals surface area contributed by atoms with Gasteiger partial charge in [0.2, 0.25) is 10.0 Å². The number of rotatable bonds is 4. The van der Waals surface area contributed by atoms with Crippen molar-refractivity contribution in [2.45, 2.75) is 32.9 Å². The Bertz CT molecular complexity index is 801. The van der Waals surface area contributed by atoms with Crippen molar-refractivity contribution >= 4 is 33.3 Å². The van der Waals surface area contributed by atoms with E-state index < -0.39 is 15.6 Å². The number of fused-ring (bicyclic) bond motifs is 1. The van der Waals surface area contributed by atoms with E-state index in [-0.39, 0.29) is 0 Å². The van der Waals surface area contributed by atoms with Crippen LogP contribution in [0, 0.1) is 11.7 Å². The van der Waals surface area contributed by atoms with Crippen molar-refractivity contribution in [2.24, 2.45) is 0 Å². The molecular weight excluding hydrogens is 294 g/mol. The van der Waals surface area contributed by atoms with Crippen molar-refractivity contribution in [3.63, 3.8) is 0 Å². The monoisotopic (exact) mass is 313 g/mol. The molecule has 1 heterocycles. The molecule has 2 aromatic rings. The fraction of sp³-hybridized carbons (Fsp3) is 0.462. The maximum Gasteiger partial charge on any atom is 0.209 e. The molecule has 0 aliphatic heterocycles. The van der Waals surface area contributed by atoms with E-state index in [4.69, 9.17) is 12.2 Å². The van der Waals surface area contributed by atoms with E-state index in [2.05, 4.69) is 9.71 Å². The van der Waals surface area contributed by atoms with Gasteiger partial charge in [0.1, 0.15) is 0 Å². The van der Waals surface area contributed by atoms with Gasteiger partial charge < -0.3 is 9.55 Å². The van der Waals surface area contributed by atoms with Crippen molar-refractivity contribution in [3.05, 3.63) is 28.5 Å². The molecule has 0 aliphatic carbocycles. The van der Waals surface area contributed by atoms with Crippen molar-refractivity contribution < 1.29 is 8.42 Å². The topological polar surface area (TPSA) is 66.9 Å². The van der Waals surface area contributed by atoms with Crippen LogP contribution in [0.25, 0.3) is 11.0 Å². The lowest BCUT2D eigenvalue weighted by Crippen LogP contribution is -2.46. The van der Waals surface area contributed by atoms with E-state index in [1.807, 2.05) is 43.5 Å². The molecule has 2 N–H and O–H groups in total. The van der Waals surface area contributed by atoms with Crippen LogP contribution in [0.5, 0.6) is 0 Å². The minimum Gasteiger partial charge on any atom is -0.331 e. The molecule has 2 rings (SSSR count). The molecule has 0 saturated heterocycles. The van der Waals surface area contributed by atoms with E-state index in [9.17, 15) is 8.42 Å². The average Bonchev–Trinajstić information content (AvgIpc) is 2.52. The third-order valence-corrected chi connectivity index (χ3v) is 4.19. The van der Waals surface area contributed by atoms with Crippen molar-refractivity contribution in [1.82, 2.24) is 14.3 Å². The van der Waals surface area contributed by atoms with Crippen molar-refractivity contribution in [3.8, 4) is 0 Å². The fourth-order valence-corrected chi connectivity index (χ4v) is 3.69. The normalized spacial score (nSPS) is 13.0. The van der Waals surface area contributed by atoms with Gasteiger partial charge in [-0.05, 0) is 50.7 Å². The highest BCUT2D eigenvalue weighted by Gasteiger charge is 2.24. The highest BCUT2D eigenvalue weighted by Crippen LogP contribution is 2.19. The lowest BCUT2D eigenvalue weighted by Gasteiger charge is -2.25. The summed E-state index contributed by atoms with van der Waals surface area (Å²) in [7, 11) is -3.27. The lowest BCUT2D eigenvalue weighted by molar-refractivity contribution is 0.394. The molecule has 0 amide bonds. The summed E-state index contributed by atoms with van der Waals surface area (Å²) in [6.45, 7) is 6.15. The minimum absolute atomic E-state index is 0.461. The average molecular weight is 313 g/mol. The Labute approximate surface area is 124 Å². The number of nitrogens with one attached hydrogen (secondary N) is 2. The van der Waals surface area contributed by atoms with Gasteiger partial charge in [0, 0.05) is 12.1 Å². The van der Waals surface area contributed by atoms with Crippen molar-refractivity contribution in [2.75, 3.05) is 6.26 Å². The predicted octanol–water partition coefficient (Wildman–Crippen LogP) is 2.34. The van der Waals surface area contributed by atoms with E-state index in [1.54, 1.807) is 0 Å². The molecule has 0 bridgehead atoms. The van der Waals surface area contributed by atoms with Crippen LogP contribution in [0.2, 0.25) is 0 Å². The molecule has 0 fully saturated rings. The number of hydrogen-bond donors (Lipinski definition) is 2. The number of nitrogens with zero attached hydrogens (tertiary/aromatic N) is 1. The molecular formula is C13H19N3O2S2. The Morgan fingerprint density at radius 2 is 2.05 bits per heavy atom. The van der Waals surface area contributed by atoms with Gasteiger partial charge >= 0.3 is 0 Å². The number of hydrogen-bond acceptors (Lipinski definition) is 3. The minimum atomic E-state index is -3.27. The number of benzene rings is 1. The van der Waals surface area contributed by atoms with E-state index in [0.29, 0.717) is 11.3 Å². The van der Waals surface area contributed by atoms with Gasteiger partial charge in [-0.15, -0.1) is 0 Å². The number of aromatic nitrogens is 2. The van der Waals surface area contributed by atoms with Crippen LogP contribution in [0.3, 0.4) is 0 Å². The summed E-state index contributed by atoms with van der Waals surface area (Å²) in [5, 5.41) is 0. The zero-order chi connectivity index (χ0) is 15.1. The Kier molecular flexibility index (Phi) is 3.79. The molecule has 20 heavy (non-hydrogen) atoms. The third-order valence-electron chi connectivity index (χ3n) is 2.95. The summed E-state index contributed by atoms with van der Waals surface area (Å²) in [5.74, 6) is 0. The highest BCUT2D eigenvalue weighted by atomic mass is 32.2. The summed E-state index contributed by atoms with van der Waals surface area (Å²) >= 11 is 5.34. The van der Waals surface area contributed by atoms with E-state index >= 15 is 0 Å². The van der Waals surface area contributed by atoms with Gasteiger partial charge in [-0.25, -0.2) is 13.1 Å². The first-order valence-electron chi connectivity index (χ1n) is 6.25. The second-order valence-electron chi connectivity index (χ2n) is 5.80.